The quantitative estimate of drug-likeness (QED) is 0.166. The average Bonchev–Trinajstić information content (AvgIpc) is 3.84. The predicted molar refractivity (Wildman–Crippen MR) is 232 cm³/mol. The molecule has 4 aliphatic heterocycles. The van der Waals surface area contributed by atoms with Crippen molar-refractivity contribution in [2.45, 2.75) is 52.4 Å². The Morgan fingerprint density at radius 2 is 0.727 bits per heavy atom. The van der Waals surface area contributed by atoms with Gasteiger partial charge in [0.05, 0.1) is 0 Å². The number of nitrogens with zero attached hydrogens (tertiary/aromatic N) is 4. The fraction of sp³-hybridized carbons (Fsp3) is 0.167. The van der Waals surface area contributed by atoms with Gasteiger partial charge in [0.15, 0.2) is 0 Å². The number of fused-ring (bicyclic) bond motifs is 17. The number of furan rings is 1. The van der Waals surface area contributed by atoms with Crippen LogP contribution in [0.15, 0.2) is 150 Å². The number of benzene rings is 6. The van der Waals surface area contributed by atoms with E-state index in [2.05, 4.69) is 206 Å². The molecule has 55 heavy (non-hydrogen) atoms. The molecule has 0 spiro atoms. The minimum atomic E-state index is -0.145. The Balaban J connectivity index is 1.22. The summed E-state index contributed by atoms with van der Waals surface area (Å²) in [6, 6.07) is 53.9. The molecule has 1 aromatic heterocycles. The van der Waals surface area contributed by atoms with Crippen LogP contribution in [0.2, 0.25) is 0 Å². The summed E-state index contributed by atoms with van der Waals surface area (Å²) in [5.41, 5.74) is 16.9. The Bertz CT molecular complexity index is 2490. The number of hydrogen-bond donors (Lipinski definition) is 0. The van der Waals surface area contributed by atoms with Gasteiger partial charge in [0, 0.05) is 33.9 Å². The molecule has 0 bridgehead atoms. The first-order valence-corrected chi connectivity index (χ1v) is 19.5. The minimum absolute atomic E-state index is 0.0355. The van der Waals surface area contributed by atoms with E-state index in [1.807, 2.05) is 0 Å². The molecule has 11 rings (SSSR count). The molecule has 6 aromatic carbocycles. The maximum Gasteiger partial charge on any atom is 0.423 e. The average molecular weight is 713 g/mol. The van der Waals surface area contributed by atoms with Gasteiger partial charge in [0.1, 0.15) is 11.4 Å². The fourth-order valence-corrected chi connectivity index (χ4v) is 9.43. The standard InChI is InChI=1S/C48H42B2N4O/c1-47(2,3)31-23-27-33(28-24-31)51-43-44-46(55-45(43)53-41-21-13-9-17-37(41)35-15-7-11-19-39(35)49(51)53)54-42-22-14-10-18-38(42)36-16-8-12-20-40(36)50(54)52(44)34-29-25-32(26-30-34)48(4,5)6/h7-30H,1-6H3. The lowest BCUT2D eigenvalue weighted by molar-refractivity contribution is 0.590. The van der Waals surface area contributed by atoms with Crippen molar-refractivity contribution in [3.8, 4) is 22.3 Å². The molecule has 0 radical (unpaired) electrons. The second-order valence-corrected chi connectivity index (χ2v) is 17.4. The highest BCUT2D eigenvalue weighted by molar-refractivity contribution is 6.89. The monoisotopic (exact) mass is 712 g/mol. The third kappa shape index (κ3) is 4.50. The lowest BCUT2D eigenvalue weighted by Gasteiger charge is -2.36. The SMILES string of the molecule is CC(C)(C)c1ccc(N2B3c4ccccc4-c4ccccc4N3c3oc4c(c32)N(c2ccc(C(C)(C)C)cc2)B2c3ccccc3-c3ccccc3N24)cc1. The van der Waals surface area contributed by atoms with Crippen LogP contribution in [0.4, 0.5) is 45.9 Å². The van der Waals surface area contributed by atoms with Crippen molar-refractivity contribution in [2.24, 2.45) is 0 Å². The van der Waals surface area contributed by atoms with E-state index in [1.54, 1.807) is 0 Å². The highest BCUT2D eigenvalue weighted by Gasteiger charge is 2.58. The summed E-state index contributed by atoms with van der Waals surface area (Å²) < 4.78 is 7.48. The van der Waals surface area contributed by atoms with Gasteiger partial charge in [-0.2, -0.15) is 0 Å². The normalized spacial score (nSPS) is 14.9. The Hall–Kier alpha value is -6.07. The van der Waals surface area contributed by atoms with Crippen molar-refractivity contribution >= 4 is 70.8 Å². The van der Waals surface area contributed by atoms with E-state index in [1.165, 1.54) is 44.3 Å². The van der Waals surface area contributed by atoms with Crippen LogP contribution in [0.25, 0.3) is 22.3 Å². The lowest BCUT2D eigenvalue weighted by Crippen LogP contribution is -2.56. The smallest absolute Gasteiger partial charge is 0.422 e. The maximum absolute atomic E-state index is 7.48. The van der Waals surface area contributed by atoms with Gasteiger partial charge in [-0.15, -0.1) is 0 Å². The van der Waals surface area contributed by atoms with Gasteiger partial charge in [0.2, 0.25) is 11.8 Å². The highest BCUT2D eigenvalue weighted by atomic mass is 16.4. The van der Waals surface area contributed by atoms with Gasteiger partial charge in [0.25, 0.3) is 0 Å². The molecule has 5 heterocycles. The molecule has 0 fully saturated rings. The molecule has 0 amide bonds. The minimum Gasteiger partial charge on any atom is -0.422 e. The molecular weight excluding hydrogens is 670 g/mol. The van der Waals surface area contributed by atoms with E-state index < -0.39 is 0 Å². The van der Waals surface area contributed by atoms with Crippen LogP contribution in [0.5, 0.6) is 0 Å². The van der Waals surface area contributed by atoms with Crippen LogP contribution in [-0.4, -0.2) is 14.0 Å². The summed E-state index contributed by atoms with van der Waals surface area (Å²) in [7, 11) is 0. The number of para-hydroxylation sites is 2. The largest absolute Gasteiger partial charge is 0.423 e. The van der Waals surface area contributed by atoms with Crippen LogP contribution in [0, 0.1) is 0 Å². The van der Waals surface area contributed by atoms with E-state index in [4.69, 9.17) is 4.42 Å². The van der Waals surface area contributed by atoms with E-state index >= 15 is 0 Å². The maximum atomic E-state index is 7.48. The zero-order chi connectivity index (χ0) is 37.4. The first-order valence-electron chi connectivity index (χ1n) is 19.5. The third-order valence-electron chi connectivity index (χ3n) is 12.1. The first kappa shape index (κ1) is 32.4. The van der Waals surface area contributed by atoms with Gasteiger partial charge in [-0.1, -0.05) is 151 Å². The number of hydrogen-bond acceptors (Lipinski definition) is 5. The van der Waals surface area contributed by atoms with Gasteiger partial charge >= 0.3 is 14.0 Å². The van der Waals surface area contributed by atoms with Gasteiger partial charge in [-0.25, -0.2) is 0 Å². The third-order valence-corrected chi connectivity index (χ3v) is 12.1. The van der Waals surface area contributed by atoms with Gasteiger partial charge in [-0.05, 0) is 80.4 Å². The van der Waals surface area contributed by atoms with Crippen LogP contribution in [0.3, 0.4) is 0 Å². The zero-order valence-corrected chi connectivity index (χ0v) is 32.2. The van der Waals surface area contributed by atoms with Crippen LogP contribution < -0.4 is 30.2 Å². The summed E-state index contributed by atoms with van der Waals surface area (Å²) in [5.74, 6) is 1.73. The molecule has 7 heteroatoms. The molecular formula is C48H42B2N4O. The van der Waals surface area contributed by atoms with E-state index in [9.17, 15) is 0 Å². The molecule has 0 unspecified atom stereocenters. The molecule has 0 N–H and O–H groups in total. The van der Waals surface area contributed by atoms with Crippen molar-refractivity contribution in [3.63, 3.8) is 0 Å². The molecule has 266 valence electrons. The van der Waals surface area contributed by atoms with Crippen molar-refractivity contribution < 1.29 is 4.42 Å². The Labute approximate surface area is 324 Å². The molecule has 0 saturated heterocycles. The highest BCUT2D eigenvalue weighted by Crippen LogP contribution is 2.64. The lowest BCUT2D eigenvalue weighted by atomic mass is 9.59. The van der Waals surface area contributed by atoms with E-state index in [0.29, 0.717) is 0 Å². The van der Waals surface area contributed by atoms with Crippen molar-refractivity contribution in [2.75, 3.05) is 19.2 Å². The number of anilines is 8. The Morgan fingerprint density at radius 1 is 0.382 bits per heavy atom. The van der Waals surface area contributed by atoms with Crippen LogP contribution >= 0.6 is 0 Å². The molecule has 7 aromatic rings. The summed E-state index contributed by atoms with van der Waals surface area (Å²) in [4.78, 5) is 9.99. The van der Waals surface area contributed by atoms with E-state index in [0.717, 1.165) is 45.9 Å². The second-order valence-electron chi connectivity index (χ2n) is 17.4. The number of rotatable bonds is 2. The van der Waals surface area contributed by atoms with E-state index in [-0.39, 0.29) is 24.8 Å². The summed E-state index contributed by atoms with van der Waals surface area (Å²) in [5, 5.41) is 0. The Kier molecular flexibility index (Phi) is 6.61. The second kappa shape index (κ2) is 11.2. The summed E-state index contributed by atoms with van der Waals surface area (Å²) in [6.45, 7) is 13.4. The van der Waals surface area contributed by atoms with Crippen molar-refractivity contribution in [1.82, 2.24) is 0 Å². The van der Waals surface area contributed by atoms with Crippen LogP contribution in [0.1, 0.15) is 52.7 Å². The summed E-state index contributed by atoms with van der Waals surface area (Å²) in [6.07, 6.45) is 0. The topological polar surface area (TPSA) is 26.1 Å². The molecule has 0 aliphatic carbocycles. The molecule has 0 saturated carbocycles. The molecule has 0 atom stereocenters. The first-order chi connectivity index (χ1) is 26.6. The van der Waals surface area contributed by atoms with Gasteiger partial charge in [-0.3, -0.25) is 0 Å². The van der Waals surface area contributed by atoms with Crippen molar-refractivity contribution in [3.05, 3.63) is 157 Å². The molecule has 5 nitrogen and oxygen atoms in total. The fourth-order valence-electron chi connectivity index (χ4n) is 9.43. The predicted octanol–water partition coefficient (Wildman–Crippen LogP) is 11.2. The van der Waals surface area contributed by atoms with Gasteiger partial charge < -0.3 is 23.7 Å². The Morgan fingerprint density at radius 3 is 1.11 bits per heavy atom. The zero-order valence-electron chi connectivity index (χ0n) is 32.2. The molecule has 4 aliphatic rings. The van der Waals surface area contributed by atoms with Crippen LogP contribution in [-0.2, 0) is 10.8 Å². The summed E-state index contributed by atoms with van der Waals surface area (Å²) >= 11 is 0. The van der Waals surface area contributed by atoms with Crippen molar-refractivity contribution in [1.29, 1.82) is 0 Å².